The van der Waals surface area contributed by atoms with Crippen LogP contribution in [-0.4, -0.2) is 12.1 Å². The Bertz CT molecular complexity index is 283. The Balaban J connectivity index is 2.42. The molecular formula is C15H28O3. The summed E-state index contributed by atoms with van der Waals surface area (Å²) in [6.45, 7) is 12.3. The van der Waals surface area contributed by atoms with Gasteiger partial charge in [-0.1, -0.05) is 27.2 Å². The summed E-state index contributed by atoms with van der Waals surface area (Å²) in [6, 6.07) is 0. The van der Waals surface area contributed by atoms with Gasteiger partial charge in [0.2, 0.25) is 0 Å². The highest BCUT2D eigenvalue weighted by molar-refractivity contribution is 5.74. The van der Waals surface area contributed by atoms with E-state index in [2.05, 4.69) is 20.8 Å². The summed E-state index contributed by atoms with van der Waals surface area (Å²) in [5, 5.41) is 0. The van der Waals surface area contributed by atoms with Crippen LogP contribution in [0.5, 0.6) is 0 Å². The van der Waals surface area contributed by atoms with E-state index in [1.54, 1.807) is 0 Å². The van der Waals surface area contributed by atoms with Gasteiger partial charge in [-0.2, -0.15) is 4.89 Å². The van der Waals surface area contributed by atoms with Gasteiger partial charge in [-0.05, 0) is 51.4 Å². The van der Waals surface area contributed by atoms with Crippen LogP contribution in [0.25, 0.3) is 0 Å². The number of rotatable bonds is 2. The van der Waals surface area contributed by atoms with E-state index in [0.717, 1.165) is 19.3 Å². The molecule has 0 bridgehead atoms. The van der Waals surface area contributed by atoms with Gasteiger partial charge in [0.15, 0.2) is 0 Å². The molecule has 0 aromatic rings. The topological polar surface area (TPSA) is 35.5 Å². The first kappa shape index (κ1) is 15.5. The molecule has 0 heterocycles. The number of hydrogen-bond donors (Lipinski definition) is 0. The van der Waals surface area contributed by atoms with Gasteiger partial charge >= 0.3 is 5.97 Å². The van der Waals surface area contributed by atoms with Crippen molar-refractivity contribution < 1.29 is 14.6 Å². The molecule has 0 amide bonds. The average Bonchev–Trinajstić information content (AvgIpc) is 2.23. The molecule has 1 aliphatic rings. The molecule has 1 rings (SSSR count). The lowest BCUT2D eigenvalue weighted by Crippen LogP contribution is -2.32. The van der Waals surface area contributed by atoms with Crippen LogP contribution in [0.3, 0.4) is 0 Å². The second-order valence-corrected chi connectivity index (χ2v) is 7.57. The second kappa shape index (κ2) is 5.60. The lowest BCUT2D eigenvalue weighted by molar-refractivity contribution is -0.310. The minimum Gasteiger partial charge on any atom is -0.297 e. The van der Waals surface area contributed by atoms with Gasteiger partial charge in [0.1, 0.15) is 6.10 Å². The van der Waals surface area contributed by atoms with Crippen LogP contribution in [0.15, 0.2) is 0 Å². The lowest BCUT2D eigenvalue weighted by Gasteiger charge is -2.36. The fourth-order valence-corrected chi connectivity index (χ4v) is 2.26. The van der Waals surface area contributed by atoms with Crippen LogP contribution >= 0.6 is 0 Å². The molecule has 1 aliphatic carbocycles. The molecule has 0 aromatic heterocycles. The molecule has 1 saturated carbocycles. The first-order valence-corrected chi connectivity index (χ1v) is 6.98. The number of carbonyl (C=O) groups is 1. The second-order valence-electron chi connectivity index (χ2n) is 7.57. The van der Waals surface area contributed by atoms with E-state index in [-0.39, 0.29) is 12.1 Å². The van der Waals surface area contributed by atoms with Gasteiger partial charge in [0.05, 0.1) is 5.41 Å². The number of carbonyl (C=O) groups excluding carboxylic acids is 1. The van der Waals surface area contributed by atoms with E-state index in [9.17, 15) is 4.79 Å². The van der Waals surface area contributed by atoms with Crippen LogP contribution in [0.4, 0.5) is 0 Å². The zero-order chi connectivity index (χ0) is 14.0. The molecular weight excluding hydrogens is 228 g/mol. The van der Waals surface area contributed by atoms with Crippen LogP contribution in [0.2, 0.25) is 0 Å². The first-order valence-electron chi connectivity index (χ1n) is 6.98. The van der Waals surface area contributed by atoms with E-state index in [4.69, 9.17) is 9.78 Å². The van der Waals surface area contributed by atoms with E-state index >= 15 is 0 Å². The van der Waals surface area contributed by atoms with Crippen molar-refractivity contribution in [2.75, 3.05) is 0 Å². The maximum Gasteiger partial charge on any atom is 0.347 e. The fourth-order valence-electron chi connectivity index (χ4n) is 2.26. The minimum absolute atomic E-state index is 0.0641. The standard InChI is InChI=1S/C15H28O3/c1-14(2,3)11-8-7-9-12(10-11)17-18-13(16)15(4,5)6/h11-12H,7-10H2,1-6H3. The molecule has 0 radical (unpaired) electrons. The summed E-state index contributed by atoms with van der Waals surface area (Å²) in [6.07, 6.45) is 4.44. The molecule has 0 aromatic carbocycles. The Kier molecular flexibility index (Phi) is 4.82. The van der Waals surface area contributed by atoms with Crippen molar-refractivity contribution in [2.24, 2.45) is 16.7 Å². The Hall–Kier alpha value is -0.570. The summed E-state index contributed by atoms with van der Waals surface area (Å²) >= 11 is 0. The van der Waals surface area contributed by atoms with Crippen molar-refractivity contribution in [3.63, 3.8) is 0 Å². The van der Waals surface area contributed by atoms with Gasteiger partial charge in [-0.25, -0.2) is 4.79 Å². The van der Waals surface area contributed by atoms with Crippen LogP contribution < -0.4 is 0 Å². The normalized spacial score (nSPS) is 25.9. The van der Waals surface area contributed by atoms with Crippen LogP contribution in [0.1, 0.15) is 67.2 Å². The summed E-state index contributed by atoms with van der Waals surface area (Å²) in [4.78, 5) is 22.0. The maximum atomic E-state index is 11.6. The van der Waals surface area contributed by atoms with Gasteiger partial charge in [0, 0.05) is 0 Å². The summed E-state index contributed by atoms with van der Waals surface area (Å²) in [5.41, 5.74) is -0.200. The zero-order valence-electron chi connectivity index (χ0n) is 12.7. The smallest absolute Gasteiger partial charge is 0.297 e. The predicted octanol–water partition coefficient (Wildman–Crippen LogP) is 4.11. The van der Waals surface area contributed by atoms with Crippen LogP contribution in [-0.2, 0) is 14.6 Å². The van der Waals surface area contributed by atoms with Crippen molar-refractivity contribution in [2.45, 2.75) is 73.3 Å². The van der Waals surface area contributed by atoms with Gasteiger partial charge in [0.25, 0.3) is 0 Å². The molecule has 0 spiro atoms. The Labute approximate surface area is 111 Å². The summed E-state index contributed by atoms with van der Waals surface area (Å²) in [5.74, 6) is 0.352. The first-order chi connectivity index (χ1) is 8.10. The highest BCUT2D eigenvalue weighted by Gasteiger charge is 2.33. The SMILES string of the molecule is CC(C)(C)C(=O)OOC1CCCC(C(C)(C)C)C1. The Morgan fingerprint density at radius 3 is 2.17 bits per heavy atom. The number of hydrogen-bond acceptors (Lipinski definition) is 3. The van der Waals surface area contributed by atoms with Crippen molar-refractivity contribution in [1.82, 2.24) is 0 Å². The summed E-state index contributed by atoms with van der Waals surface area (Å²) in [7, 11) is 0. The molecule has 106 valence electrons. The minimum atomic E-state index is -0.502. The molecule has 18 heavy (non-hydrogen) atoms. The fraction of sp³-hybridized carbons (Fsp3) is 0.933. The predicted molar refractivity (Wildman–Crippen MR) is 71.8 cm³/mol. The third-order valence-corrected chi connectivity index (χ3v) is 3.72. The third-order valence-electron chi connectivity index (χ3n) is 3.72. The van der Waals surface area contributed by atoms with E-state index in [1.807, 2.05) is 20.8 Å². The van der Waals surface area contributed by atoms with Gasteiger partial charge in [-0.15, -0.1) is 0 Å². The highest BCUT2D eigenvalue weighted by atomic mass is 17.2. The lowest BCUT2D eigenvalue weighted by atomic mass is 9.71. The molecule has 2 unspecified atom stereocenters. The van der Waals surface area contributed by atoms with Crippen LogP contribution in [0, 0.1) is 16.7 Å². The molecule has 3 nitrogen and oxygen atoms in total. The van der Waals surface area contributed by atoms with Crippen molar-refractivity contribution in [3.8, 4) is 0 Å². The van der Waals surface area contributed by atoms with E-state index in [1.165, 1.54) is 6.42 Å². The molecule has 1 fully saturated rings. The van der Waals surface area contributed by atoms with Crippen molar-refractivity contribution in [3.05, 3.63) is 0 Å². The highest BCUT2D eigenvalue weighted by Crippen LogP contribution is 2.38. The van der Waals surface area contributed by atoms with Crippen molar-refractivity contribution >= 4 is 5.97 Å². The molecule has 2 atom stereocenters. The van der Waals surface area contributed by atoms with Gasteiger partial charge in [-0.3, -0.25) is 4.89 Å². The molecule has 0 aliphatic heterocycles. The molecule has 3 heteroatoms. The monoisotopic (exact) mass is 256 g/mol. The molecule has 0 saturated heterocycles. The quantitative estimate of drug-likeness (QED) is 0.551. The largest absolute Gasteiger partial charge is 0.347 e. The van der Waals surface area contributed by atoms with E-state index < -0.39 is 5.41 Å². The third kappa shape index (κ3) is 4.60. The zero-order valence-corrected chi connectivity index (χ0v) is 12.7. The summed E-state index contributed by atoms with van der Waals surface area (Å²) < 4.78 is 0. The molecule has 0 N–H and O–H groups in total. The van der Waals surface area contributed by atoms with E-state index in [0.29, 0.717) is 11.3 Å². The Morgan fingerprint density at radius 1 is 1.06 bits per heavy atom. The maximum absolute atomic E-state index is 11.6. The Morgan fingerprint density at radius 2 is 1.67 bits per heavy atom. The average molecular weight is 256 g/mol. The van der Waals surface area contributed by atoms with Crippen molar-refractivity contribution in [1.29, 1.82) is 0 Å². The van der Waals surface area contributed by atoms with Gasteiger partial charge < -0.3 is 0 Å².